The molecule has 1 aromatic carbocycles. The van der Waals surface area contributed by atoms with Crippen molar-refractivity contribution in [3.63, 3.8) is 0 Å². The van der Waals surface area contributed by atoms with Gasteiger partial charge in [0.1, 0.15) is 11.4 Å². The standard InChI is InChI=1S/C17H26N2O3S/c1-17(2)13-15(14-7-3-4-8-16(14)22-17)18-23(20,21)12-11-19-9-5-6-10-19/h3-4,7-8,15,18H,5-6,9-13H2,1-2H3. The van der Waals surface area contributed by atoms with E-state index < -0.39 is 10.0 Å². The van der Waals surface area contributed by atoms with Crippen LogP contribution in [0.2, 0.25) is 0 Å². The molecule has 1 aromatic rings. The molecule has 1 saturated heterocycles. The van der Waals surface area contributed by atoms with Crippen LogP contribution >= 0.6 is 0 Å². The second-order valence-corrected chi connectivity index (χ2v) is 9.02. The third kappa shape index (κ3) is 4.25. The number of benzene rings is 1. The van der Waals surface area contributed by atoms with Crippen LogP contribution in [0.3, 0.4) is 0 Å². The van der Waals surface area contributed by atoms with Gasteiger partial charge in [-0.05, 0) is 45.8 Å². The second-order valence-electron chi connectivity index (χ2n) is 7.14. The van der Waals surface area contributed by atoms with Crippen molar-refractivity contribution in [3.05, 3.63) is 29.8 Å². The Balaban J connectivity index is 1.70. The zero-order valence-electron chi connectivity index (χ0n) is 13.9. The summed E-state index contributed by atoms with van der Waals surface area (Å²) in [5.74, 6) is 0.934. The summed E-state index contributed by atoms with van der Waals surface area (Å²) in [6, 6.07) is 7.46. The molecule has 0 spiro atoms. The number of para-hydroxylation sites is 1. The van der Waals surface area contributed by atoms with Crippen LogP contribution < -0.4 is 9.46 Å². The van der Waals surface area contributed by atoms with Crippen LogP contribution in [-0.2, 0) is 10.0 Å². The predicted octanol–water partition coefficient (Wildman–Crippen LogP) is 2.30. The van der Waals surface area contributed by atoms with Crippen molar-refractivity contribution >= 4 is 10.0 Å². The molecule has 0 aliphatic carbocycles. The van der Waals surface area contributed by atoms with Crippen molar-refractivity contribution < 1.29 is 13.2 Å². The van der Waals surface area contributed by atoms with Gasteiger partial charge in [0.15, 0.2) is 0 Å². The van der Waals surface area contributed by atoms with E-state index in [-0.39, 0.29) is 17.4 Å². The molecule has 1 atom stereocenters. The molecule has 0 radical (unpaired) electrons. The molecule has 3 rings (SSSR count). The van der Waals surface area contributed by atoms with Gasteiger partial charge in [-0.1, -0.05) is 18.2 Å². The molecule has 128 valence electrons. The SMILES string of the molecule is CC1(C)CC(NS(=O)(=O)CCN2CCCC2)c2ccccc2O1. The first-order valence-corrected chi connectivity index (χ1v) is 10.0. The number of nitrogens with one attached hydrogen (secondary N) is 1. The van der Waals surface area contributed by atoms with Gasteiger partial charge in [-0.25, -0.2) is 13.1 Å². The molecule has 2 aliphatic rings. The van der Waals surface area contributed by atoms with Gasteiger partial charge in [0.25, 0.3) is 0 Å². The highest BCUT2D eigenvalue weighted by molar-refractivity contribution is 7.89. The van der Waals surface area contributed by atoms with E-state index in [1.165, 1.54) is 12.8 Å². The smallest absolute Gasteiger partial charge is 0.213 e. The van der Waals surface area contributed by atoms with Crippen molar-refractivity contribution in [1.82, 2.24) is 9.62 Å². The van der Waals surface area contributed by atoms with Gasteiger partial charge >= 0.3 is 0 Å². The lowest BCUT2D eigenvalue weighted by atomic mass is 9.90. The minimum atomic E-state index is -3.31. The summed E-state index contributed by atoms with van der Waals surface area (Å²) in [7, 11) is -3.31. The third-order valence-corrected chi connectivity index (χ3v) is 5.94. The number of rotatable bonds is 5. The summed E-state index contributed by atoms with van der Waals surface area (Å²) in [6.45, 7) is 6.64. The van der Waals surface area contributed by atoms with Crippen LogP contribution in [0.25, 0.3) is 0 Å². The van der Waals surface area contributed by atoms with Gasteiger partial charge in [-0.15, -0.1) is 0 Å². The molecule has 0 saturated carbocycles. The summed E-state index contributed by atoms with van der Waals surface area (Å²) >= 11 is 0. The van der Waals surface area contributed by atoms with Crippen molar-refractivity contribution in [2.24, 2.45) is 0 Å². The quantitative estimate of drug-likeness (QED) is 0.895. The Labute approximate surface area is 139 Å². The minimum Gasteiger partial charge on any atom is -0.487 e. The van der Waals surface area contributed by atoms with E-state index in [0.717, 1.165) is 24.4 Å². The van der Waals surface area contributed by atoms with Crippen LogP contribution in [0, 0.1) is 0 Å². The highest BCUT2D eigenvalue weighted by Crippen LogP contribution is 2.39. The Bertz CT molecular complexity index is 652. The fraction of sp³-hybridized carbons (Fsp3) is 0.647. The van der Waals surface area contributed by atoms with E-state index in [9.17, 15) is 8.42 Å². The monoisotopic (exact) mass is 338 g/mol. The summed E-state index contributed by atoms with van der Waals surface area (Å²) < 4.78 is 33.9. The number of ether oxygens (including phenoxy) is 1. The molecule has 2 aliphatic heterocycles. The van der Waals surface area contributed by atoms with Crippen LogP contribution in [0.4, 0.5) is 0 Å². The summed E-state index contributed by atoms with van der Waals surface area (Å²) in [4.78, 5) is 2.22. The van der Waals surface area contributed by atoms with Crippen molar-refractivity contribution in [2.45, 2.75) is 44.8 Å². The first kappa shape index (κ1) is 16.7. The molecular weight excluding hydrogens is 312 g/mol. The highest BCUT2D eigenvalue weighted by Gasteiger charge is 2.35. The molecule has 1 N–H and O–H groups in total. The maximum absolute atomic E-state index is 12.5. The fourth-order valence-corrected chi connectivity index (χ4v) is 4.70. The van der Waals surface area contributed by atoms with Crippen LogP contribution in [0.5, 0.6) is 5.75 Å². The molecule has 5 nitrogen and oxygen atoms in total. The number of likely N-dealkylation sites (tertiary alicyclic amines) is 1. The third-order valence-electron chi connectivity index (χ3n) is 4.57. The Hall–Kier alpha value is -1.11. The number of fused-ring (bicyclic) bond motifs is 1. The van der Waals surface area contributed by atoms with E-state index >= 15 is 0 Å². The summed E-state index contributed by atoms with van der Waals surface area (Å²) in [6.07, 6.45) is 2.98. The summed E-state index contributed by atoms with van der Waals surface area (Å²) in [5, 5.41) is 0. The zero-order valence-corrected chi connectivity index (χ0v) is 14.7. The highest BCUT2D eigenvalue weighted by atomic mass is 32.2. The first-order chi connectivity index (χ1) is 10.8. The van der Waals surface area contributed by atoms with Gasteiger partial charge in [-0.3, -0.25) is 0 Å². The molecule has 2 heterocycles. The normalized spacial score (nSPS) is 24.2. The molecule has 0 aromatic heterocycles. The number of nitrogens with zero attached hydrogens (tertiary/aromatic N) is 1. The van der Waals surface area contributed by atoms with Crippen molar-refractivity contribution in [1.29, 1.82) is 0 Å². The Kier molecular flexibility index (Phi) is 4.67. The van der Waals surface area contributed by atoms with Crippen LogP contribution in [0.15, 0.2) is 24.3 Å². The molecule has 1 unspecified atom stereocenters. The van der Waals surface area contributed by atoms with Gasteiger partial charge < -0.3 is 9.64 Å². The van der Waals surface area contributed by atoms with E-state index in [4.69, 9.17) is 4.74 Å². The predicted molar refractivity (Wildman–Crippen MR) is 91.1 cm³/mol. The molecular formula is C17H26N2O3S. The molecule has 6 heteroatoms. The molecule has 1 fully saturated rings. The Morgan fingerprint density at radius 1 is 1.26 bits per heavy atom. The topological polar surface area (TPSA) is 58.6 Å². The zero-order chi connectivity index (χ0) is 16.5. The van der Waals surface area contributed by atoms with E-state index in [1.807, 2.05) is 38.1 Å². The maximum atomic E-state index is 12.5. The Morgan fingerprint density at radius 3 is 2.70 bits per heavy atom. The van der Waals surface area contributed by atoms with Crippen LogP contribution in [-0.4, -0.2) is 44.3 Å². The number of sulfonamides is 1. The molecule has 0 amide bonds. The summed E-state index contributed by atoms with van der Waals surface area (Å²) in [5.41, 5.74) is 0.549. The lowest BCUT2D eigenvalue weighted by Crippen LogP contribution is -2.42. The maximum Gasteiger partial charge on any atom is 0.213 e. The molecule has 23 heavy (non-hydrogen) atoms. The van der Waals surface area contributed by atoms with E-state index in [2.05, 4.69) is 9.62 Å². The lowest BCUT2D eigenvalue weighted by molar-refractivity contribution is 0.0702. The van der Waals surface area contributed by atoms with Crippen LogP contribution in [0.1, 0.15) is 44.7 Å². The van der Waals surface area contributed by atoms with Crippen molar-refractivity contribution in [2.75, 3.05) is 25.4 Å². The fourth-order valence-electron chi connectivity index (χ4n) is 3.44. The average molecular weight is 338 g/mol. The van der Waals surface area contributed by atoms with E-state index in [1.54, 1.807) is 0 Å². The minimum absolute atomic E-state index is 0.160. The Morgan fingerprint density at radius 2 is 1.96 bits per heavy atom. The first-order valence-electron chi connectivity index (χ1n) is 8.35. The number of hydrogen-bond donors (Lipinski definition) is 1. The molecule has 0 bridgehead atoms. The van der Waals surface area contributed by atoms with Gasteiger partial charge in [0, 0.05) is 18.5 Å². The average Bonchev–Trinajstić information content (AvgIpc) is 2.97. The van der Waals surface area contributed by atoms with Gasteiger partial charge in [0.2, 0.25) is 10.0 Å². The second kappa shape index (κ2) is 6.42. The van der Waals surface area contributed by atoms with Gasteiger partial charge in [0.05, 0.1) is 11.8 Å². The van der Waals surface area contributed by atoms with Gasteiger partial charge in [-0.2, -0.15) is 0 Å². The lowest BCUT2D eigenvalue weighted by Gasteiger charge is -2.37. The van der Waals surface area contributed by atoms with E-state index in [0.29, 0.717) is 13.0 Å². The number of hydrogen-bond acceptors (Lipinski definition) is 4. The van der Waals surface area contributed by atoms with Crippen molar-refractivity contribution in [3.8, 4) is 5.75 Å². The largest absolute Gasteiger partial charge is 0.487 e.